The van der Waals surface area contributed by atoms with E-state index in [4.69, 9.17) is 23.3 Å². The van der Waals surface area contributed by atoms with Gasteiger partial charge in [-0.05, 0) is 51.4 Å². The van der Waals surface area contributed by atoms with Gasteiger partial charge in [0.25, 0.3) is 0 Å². The van der Waals surface area contributed by atoms with Gasteiger partial charge in [-0.25, -0.2) is 4.57 Å². The Bertz CT molecular complexity index is 1250. The molecule has 0 radical (unpaired) electrons. The number of carbonyl (C=O) groups is 3. The van der Waals surface area contributed by atoms with Crippen molar-refractivity contribution in [2.24, 2.45) is 0 Å². The zero-order valence-corrected chi connectivity index (χ0v) is 43.3. The molecule has 3 atom stereocenters. The summed E-state index contributed by atoms with van der Waals surface area (Å²) in [6.07, 6.45) is 48.2. The molecule has 2 N–H and O–H groups in total. The van der Waals surface area contributed by atoms with E-state index in [2.05, 4.69) is 57.2 Å². The number of phosphoric acid groups is 1. The molecule has 3 unspecified atom stereocenters. The number of esters is 3. The molecule has 0 aromatic rings. The van der Waals surface area contributed by atoms with E-state index < -0.39 is 57.8 Å². The van der Waals surface area contributed by atoms with Gasteiger partial charge in [-0.3, -0.25) is 23.4 Å². The summed E-state index contributed by atoms with van der Waals surface area (Å²) in [5.74, 6) is -1.47. The number of rotatable bonds is 50. The minimum Gasteiger partial charge on any atom is -0.462 e. The Morgan fingerprint density at radius 2 is 0.788 bits per heavy atom. The summed E-state index contributed by atoms with van der Waals surface area (Å²) in [6, 6.07) is 0. The van der Waals surface area contributed by atoms with Crippen LogP contribution in [0.1, 0.15) is 252 Å². The minimum atomic E-state index is -4.74. The number of aliphatic hydroxyl groups excluding tert-OH is 1. The van der Waals surface area contributed by atoms with Gasteiger partial charge in [-0.1, -0.05) is 218 Å². The number of phosphoric ester groups is 1. The second kappa shape index (κ2) is 49.1. The van der Waals surface area contributed by atoms with Crippen LogP contribution in [-0.4, -0.2) is 66.5 Å². The average Bonchev–Trinajstić information content (AvgIpc) is 3.30. The van der Waals surface area contributed by atoms with Crippen molar-refractivity contribution in [3.8, 4) is 0 Å². The predicted octanol–water partition coefficient (Wildman–Crippen LogP) is 15.3. The topological polar surface area (TPSA) is 155 Å². The molecule has 0 rings (SSSR count). The van der Waals surface area contributed by atoms with Crippen LogP contribution in [0.2, 0.25) is 0 Å². The molecule has 0 fully saturated rings. The lowest BCUT2D eigenvalue weighted by molar-refractivity contribution is -0.161. The highest BCUT2D eigenvalue weighted by molar-refractivity contribution is 7.47. The molecule has 0 aliphatic heterocycles. The molecule has 0 saturated carbocycles. The Morgan fingerprint density at radius 1 is 0.439 bits per heavy atom. The molecule has 0 spiro atoms. The molecular formula is C54H99O11P. The third kappa shape index (κ3) is 46.8. The van der Waals surface area contributed by atoms with Crippen LogP contribution in [-0.2, 0) is 42.2 Å². The molecule has 386 valence electrons. The Kier molecular flexibility index (Phi) is 47.4. The Labute approximate surface area is 403 Å². The van der Waals surface area contributed by atoms with E-state index in [0.29, 0.717) is 19.3 Å². The first-order valence-corrected chi connectivity index (χ1v) is 28.4. The molecular weight excluding hydrogens is 856 g/mol. The van der Waals surface area contributed by atoms with Crippen molar-refractivity contribution in [1.82, 2.24) is 0 Å². The number of hydrogen-bond acceptors (Lipinski definition) is 10. The number of ether oxygens (including phenoxy) is 3. The van der Waals surface area contributed by atoms with E-state index in [1.165, 1.54) is 103 Å². The smallest absolute Gasteiger partial charge is 0.462 e. The molecule has 0 aliphatic carbocycles. The van der Waals surface area contributed by atoms with E-state index in [1.807, 2.05) is 0 Å². The van der Waals surface area contributed by atoms with Crippen LogP contribution in [0, 0.1) is 0 Å². The molecule has 0 aromatic carbocycles. The molecule has 0 amide bonds. The highest BCUT2D eigenvalue weighted by Gasteiger charge is 2.28. The lowest BCUT2D eigenvalue weighted by atomic mass is 10.0. The SMILES string of the molecule is CC/C=C\C/C=C\C/C=C\CCCCCCCC(=O)OCC(COP(=O)(O)OCC(CO)OC(=O)CCCCCCCCCCCCC)OC(=O)CCCCCCCCCCCCCCC. The van der Waals surface area contributed by atoms with E-state index in [-0.39, 0.29) is 25.9 Å². The van der Waals surface area contributed by atoms with Gasteiger partial charge in [0.05, 0.1) is 19.8 Å². The average molecular weight is 955 g/mol. The third-order valence-corrected chi connectivity index (χ3v) is 12.5. The van der Waals surface area contributed by atoms with Crippen LogP contribution in [0.5, 0.6) is 0 Å². The zero-order chi connectivity index (χ0) is 48.4. The molecule has 66 heavy (non-hydrogen) atoms. The Balaban J connectivity index is 4.73. The number of hydrogen-bond donors (Lipinski definition) is 2. The summed E-state index contributed by atoms with van der Waals surface area (Å²) in [7, 11) is -4.74. The summed E-state index contributed by atoms with van der Waals surface area (Å²) in [5.41, 5.74) is 0. The van der Waals surface area contributed by atoms with Crippen LogP contribution in [0.25, 0.3) is 0 Å². The van der Waals surface area contributed by atoms with Crippen LogP contribution < -0.4 is 0 Å². The van der Waals surface area contributed by atoms with E-state index in [9.17, 15) is 28.9 Å². The number of allylic oxidation sites excluding steroid dienone is 6. The van der Waals surface area contributed by atoms with Crippen molar-refractivity contribution >= 4 is 25.7 Å². The summed E-state index contributed by atoms with van der Waals surface area (Å²) in [4.78, 5) is 48.3. The van der Waals surface area contributed by atoms with E-state index in [1.54, 1.807) is 0 Å². The molecule has 0 aromatic heterocycles. The first-order chi connectivity index (χ1) is 32.2. The van der Waals surface area contributed by atoms with Crippen molar-refractivity contribution in [3.63, 3.8) is 0 Å². The van der Waals surface area contributed by atoms with Crippen molar-refractivity contribution in [2.75, 3.05) is 26.4 Å². The molecule has 0 aliphatic rings. The Hall–Kier alpha value is -2.30. The fourth-order valence-corrected chi connectivity index (χ4v) is 8.27. The monoisotopic (exact) mass is 955 g/mol. The lowest BCUT2D eigenvalue weighted by Crippen LogP contribution is -2.30. The highest BCUT2D eigenvalue weighted by atomic mass is 31.2. The lowest BCUT2D eigenvalue weighted by Gasteiger charge is -2.21. The minimum absolute atomic E-state index is 0.169. The maximum Gasteiger partial charge on any atom is 0.472 e. The zero-order valence-electron chi connectivity index (χ0n) is 42.4. The fourth-order valence-electron chi connectivity index (χ4n) is 7.49. The summed E-state index contributed by atoms with van der Waals surface area (Å²) >= 11 is 0. The molecule has 0 saturated heterocycles. The second-order valence-corrected chi connectivity index (χ2v) is 19.5. The molecule has 11 nitrogen and oxygen atoms in total. The molecule has 0 heterocycles. The van der Waals surface area contributed by atoms with Gasteiger partial charge in [0.2, 0.25) is 0 Å². The highest BCUT2D eigenvalue weighted by Crippen LogP contribution is 2.43. The second-order valence-electron chi connectivity index (χ2n) is 18.0. The van der Waals surface area contributed by atoms with Crippen molar-refractivity contribution in [2.45, 2.75) is 264 Å². The Morgan fingerprint density at radius 3 is 1.21 bits per heavy atom. The van der Waals surface area contributed by atoms with Crippen LogP contribution >= 0.6 is 7.82 Å². The van der Waals surface area contributed by atoms with Crippen molar-refractivity contribution in [1.29, 1.82) is 0 Å². The summed E-state index contributed by atoms with van der Waals surface area (Å²) in [5, 5.41) is 9.77. The fraction of sp³-hybridized carbons (Fsp3) is 0.833. The largest absolute Gasteiger partial charge is 0.472 e. The van der Waals surface area contributed by atoms with Gasteiger partial charge in [-0.15, -0.1) is 0 Å². The normalized spacial score (nSPS) is 13.7. The maximum absolute atomic E-state index is 12.8. The number of unbranched alkanes of at least 4 members (excludes halogenated alkanes) is 27. The summed E-state index contributed by atoms with van der Waals surface area (Å²) < 4.78 is 39.4. The number of carbonyl (C=O) groups excluding carboxylic acids is 3. The first-order valence-electron chi connectivity index (χ1n) is 26.9. The van der Waals surface area contributed by atoms with Gasteiger partial charge in [-0.2, -0.15) is 0 Å². The van der Waals surface area contributed by atoms with Crippen LogP contribution in [0.3, 0.4) is 0 Å². The van der Waals surface area contributed by atoms with E-state index in [0.717, 1.165) is 89.9 Å². The van der Waals surface area contributed by atoms with Crippen LogP contribution in [0.4, 0.5) is 0 Å². The first kappa shape index (κ1) is 63.7. The van der Waals surface area contributed by atoms with Gasteiger partial charge < -0.3 is 24.2 Å². The van der Waals surface area contributed by atoms with Crippen molar-refractivity contribution in [3.05, 3.63) is 36.5 Å². The van der Waals surface area contributed by atoms with Gasteiger partial charge in [0.15, 0.2) is 6.10 Å². The third-order valence-electron chi connectivity index (χ3n) is 11.6. The standard InChI is InChI=1S/C54H99O11P/c1-4-7-10-13-16-19-22-24-25-27-29-31-34-37-40-43-52(56)61-47-51(65-54(58)45-42-39-36-33-30-26-23-20-17-14-11-8-5-2)49-63-66(59,60)62-48-50(46-55)64-53(57)44-41-38-35-32-28-21-18-15-12-9-6-3/h7,10,16,19,24-25,50-51,55H,4-6,8-9,11-15,17-18,20-23,26-49H2,1-3H3,(H,59,60)/b10-7-,19-16-,25-24-. The van der Waals surface area contributed by atoms with Crippen LogP contribution in [0.15, 0.2) is 36.5 Å². The van der Waals surface area contributed by atoms with Gasteiger partial charge >= 0.3 is 25.7 Å². The quantitative estimate of drug-likeness (QED) is 0.0197. The predicted molar refractivity (Wildman–Crippen MR) is 270 cm³/mol. The number of aliphatic hydroxyl groups is 1. The molecule has 12 heteroatoms. The van der Waals surface area contributed by atoms with Gasteiger partial charge in [0, 0.05) is 19.3 Å². The molecule has 0 bridgehead atoms. The van der Waals surface area contributed by atoms with Crippen molar-refractivity contribution < 1.29 is 52.2 Å². The summed E-state index contributed by atoms with van der Waals surface area (Å²) in [6.45, 7) is 4.52. The maximum atomic E-state index is 12.8. The van der Waals surface area contributed by atoms with Gasteiger partial charge in [0.1, 0.15) is 12.7 Å². The van der Waals surface area contributed by atoms with E-state index >= 15 is 0 Å².